The molecule has 0 saturated carbocycles. The van der Waals surface area contributed by atoms with Crippen LogP contribution in [-0.4, -0.2) is 24.8 Å². The summed E-state index contributed by atoms with van der Waals surface area (Å²) in [5, 5.41) is 13.7. The number of nitrogens with one attached hydrogen (secondary N) is 1. The second kappa shape index (κ2) is 6.62. The fourth-order valence-electron chi connectivity index (χ4n) is 1.84. The van der Waals surface area contributed by atoms with E-state index in [-0.39, 0.29) is 0 Å². The van der Waals surface area contributed by atoms with Crippen LogP contribution in [0.2, 0.25) is 0 Å². The summed E-state index contributed by atoms with van der Waals surface area (Å²) in [6, 6.07) is 7.69. The zero-order chi connectivity index (χ0) is 12.7. The molecule has 0 bridgehead atoms. The van der Waals surface area contributed by atoms with Crippen LogP contribution in [0, 0.1) is 0 Å². The summed E-state index contributed by atoms with van der Waals surface area (Å²) in [6.07, 6.45) is 0.672. The minimum Gasteiger partial charge on any atom is -0.493 e. The molecule has 1 rings (SSSR count). The zero-order valence-electron chi connectivity index (χ0n) is 11.0. The normalized spacial score (nSPS) is 14.4. The first-order valence-electron chi connectivity index (χ1n) is 6.27. The molecule has 0 aliphatic rings. The molecule has 0 radical (unpaired) electrons. The molecular formula is C14H23NO2. The van der Waals surface area contributed by atoms with Gasteiger partial charge in [0.2, 0.25) is 0 Å². The molecule has 1 aromatic carbocycles. The Labute approximate surface area is 104 Å². The lowest BCUT2D eigenvalue weighted by Gasteiger charge is -2.26. The number of rotatable bonds is 7. The minimum atomic E-state index is -0.853. The average molecular weight is 237 g/mol. The van der Waals surface area contributed by atoms with E-state index in [1.807, 2.05) is 38.1 Å². The van der Waals surface area contributed by atoms with Gasteiger partial charge in [0.15, 0.2) is 0 Å². The van der Waals surface area contributed by atoms with E-state index in [9.17, 15) is 5.11 Å². The van der Waals surface area contributed by atoms with Crippen LogP contribution in [0.4, 0.5) is 0 Å². The van der Waals surface area contributed by atoms with Gasteiger partial charge < -0.3 is 15.2 Å². The SMILES string of the molecule is CCNCCC(C)(O)c1ccccc1OCC. The number of hydrogen-bond donors (Lipinski definition) is 2. The van der Waals surface area contributed by atoms with Gasteiger partial charge in [0.1, 0.15) is 5.75 Å². The second-order valence-corrected chi connectivity index (χ2v) is 4.31. The van der Waals surface area contributed by atoms with Crippen molar-refractivity contribution in [1.29, 1.82) is 0 Å². The average Bonchev–Trinajstić information content (AvgIpc) is 2.30. The molecular weight excluding hydrogens is 214 g/mol. The molecule has 0 aliphatic carbocycles. The van der Waals surface area contributed by atoms with E-state index in [1.165, 1.54) is 0 Å². The molecule has 0 amide bonds. The lowest BCUT2D eigenvalue weighted by Crippen LogP contribution is -2.28. The maximum atomic E-state index is 10.5. The maximum Gasteiger partial charge on any atom is 0.125 e. The van der Waals surface area contributed by atoms with Gasteiger partial charge in [-0.05, 0) is 39.4 Å². The first kappa shape index (κ1) is 14.0. The molecule has 17 heavy (non-hydrogen) atoms. The number of para-hydroxylation sites is 1. The van der Waals surface area contributed by atoms with E-state index in [0.717, 1.165) is 24.4 Å². The van der Waals surface area contributed by atoms with Crippen LogP contribution in [0.25, 0.3) is 0 Å². The Morgan fingerprint density at radius 3 is 2.65 bits per heavy atom. The Morgan fingerprint density at radius 1 is 1.29 bits per heavy atom. The molecule has 96 valence electrons. The van der Waals surface area contributed by atoms with Crippen LogP contribution >= 0.6 is 0 Å². The molecule has 0 spiro atoms. The first-order chi connectivity index (χ1) is 8.11. The zero-order valence-corrected chi connectivity index (χ0v) is 11.0. The summed E-state index contributed by atoms with van der Waals surface area (Å²) in [4.78, 5) is 0. The molecule has 1 atom stereocenters. The minimum absolute atomic E-state index is 0.611. The fraction of sp³-hybridized carbons (Fsp3) is 0.571. The van der Waals surface area contributed by atoms with Gasteiger partial charge >= 0.3 is 0 Å². The van der Waals surface area contributed by atoms with Crippen molar-refractivity contribution >= 4 is 0 Å². The summed E-state index contributed by atoms with van der Waals surface area (Å²) < 4.78 is 5.55. The lowest BCUT2D eigenvalue weighted by molar-refractivity contribution is 0.0451. The monoisotopic (exact) mass is 237 g/mol. The summed E-state index contributed by atoms with van der Waals surface area (Å²) in [5.41, 5.74) is 0.00764. The van der Waals surface area contributed by atoms with Crippen molar-refractivity contribution < 1.29 is 9.84 Å². The highest BCUT2D eigenvalue weighted by Gasteiger charge is 2.25. The van der Waals surface area contributed by atoms with Crippen molar-refractivity contribution in [2.45, 2.75) is 32.8 Å². The first-order valence-corrected chi connectivity index (χ1v) is 6.27. The van der Waals surface area contributed by atoms with Crippen LogP contribution in [0.15, 0.2) is 24.3 Å². The molecule has 1 aromatic rings. The summed E-state index contributed by atoms with van der Waals surface area (Å²) >= 11 is 0. The van der Waals surface area contributed by atoms with Crippen molar-refractivity contribution in [3.63, 3.8) is 0 Å². The van der Waals surface area contributed by atoms with Crippen molar-refractivity contribution in [2.24, 2.45) is 0 Å². The molecule has 3 heteroatoms. The van der Waals surface area contributed by atoms with E-state index in [0.29, 0.717) is 13.0 Å². The Hall–Kier alpha value is -1.06. The Bertz CT molecular complexity index is 337. The molecule has 0 aromatic heterocycles. The maximum absolute atomic E-state index is 10.5. The third-order valence-electron chi connectivity index (χ3n) is 2.81. The molecule has 0 saturated heterocycles. The van der Waals surface area contributed by atoms with Crippen molar-refractivity contribution in [3.8, 4) is 5.75 Å². The third-order valence-corrected chi connectivity index (χ3v) is 2.81. The van der Waals surface area contributed by atoms with E-state index in [1.54, 1.807) is 0 Å². The number of aliphatic hydroxyl groups is 1. The molecule has 2 N–H and O–H groups in total. The standard InChI is InChI=1S/C14H23NO2/c1-4-15-11-10-14(3,16)12-8-6-7-9-13(12)17-5-2/h6-9,15-16H,4-5,10-11H2,1-3H3. The highest BCUT2D eigenvalue weighted by Crippen LogP contribution is 2.31. The molecule has 0 aliphatic heterocycles. The number of ether oxygens (including phenoxy) is 1. The highest BCUT2D eigenvalue weighted by atomic mass is 16.5. The Morgan fingerprint density at radius 2 is 2.00 bits per heavy atom. The second-order valence-electron chi connectivity index (χ2n) is 4.31. The predicted molar refractivity (Wildman–Crippen MR) is 70.3 cm³/mol. The van der Waals surface area contributed by atoms with Crippen molar-refractivity contribution in [2.75, 3.05) is 19.7 Å². The molecule has 0 fully saturated rings. The smallest absolute Gasteiger partial charge is 0.125 e. The molecule has 0 heterocycles. The molecule has 3 nitrogen and oxygen atoms in total. The Kier molecular flexibility index (Phi) is 5.45. The van der Waals surface area contributed by atoms with Crippen LogP contribution in [0.1, 0.15) is 32.8 Å². The van der Waals surface area contributed by atoms with Crippen LogP contribution in [0.5, 0.6) is 5.75 Å². The lowest BCUT2D eigenvalue weighted by atomic mass is 9.91. The van der Waals surface area contributed by atoms with Crippen molar-refractivity contribution in [3.05, 3.63) is 29.8 Å². The fourth-order valence-corrected chi connectivity index (χ4v) is 1.84. The van der Waals surface area contributed by atoms with Gasteiger partial charge in [-0.25, -0.2) is 0 Å². The number of benzene rings is 1. The topological polar surface area (TPSA) is 41.5 Å². The van der Waals surface area contributed by atoms with Gasteiger partial charge in [-0.2, -0.15) is 0 Å². The van der Waals surface area contributed by atoms with Crippen LogP contribution < -0.4 is 10.1 Å². The van der Waals surface area contributed by atoms with Gasteiger partial charge in [-0.3, -0.25) is 0 Å². The third kappa shape index (κ3) is 4.02. The number of hydrogen-bond acceptors (Lipinski definition) is 3. The van der Waals surface area contributed by atoms with Gasteiger partial charge in [0, 0.05) is 5.56 Å². The molecule has 1 unspecified atom stereocenters. The Balaban J connectivity index is 2.81. The summed E-state index contributed by atoms with van der Waals surface area (Å²) in [5.74, 6) is 0.775. The van der Waals surface area contributed by atoms with E-state index < -0.39 is 5.60 Å². The van der Waals surface area contributed by atoms with Gasteiger partial charge in [0.05, 0.1) is 12.2 Å². The quantitative estimate of drug-likeness (QED) is 0.715. The van der Waals surface area contributed by atoms with Gasteiger partial charge in [-0.15, -0.1) is 0 Å². The summed E-state index contributed by atoms with van der Waals surface area (Å²) in [6.45, 7) is 8.17. The highest BCUT2D eigenvalue weighted by molar-refractivity contribution is 5.37. The van der Waals surface area contributed by atoms with E-state index in [4.69, 9.17) is 4.74 Å². The van der Waals surface area contributed by atoms with Crippen LogP contribution in [-0.2, 0) is 5.60 Å². The predicted octanol–water partition coefficient (Wildman–Crippen LogP) is 2.29. The van der Waals surface area contributed by atoms with E-state index >= 15 is 0 Å². The van der Waals surface area contributed by atoms with Crippen LogP contribution in [0.3, 0.4) is 0 Å². The van der Waals surface area contributed by atoms with Crippen molar-refractivity contribution in [1.82, 2.24) is 5.32 Å². The summed E-state index contributed by atoms with van der Waals surface area (Å²) in [7, 11) is 0. The van der Waals surface area contributed by atoms with Gasteiger partial charge in [-0.1, -0.05) is 25.1 Å². The van der Waals surface area contributed by atoms with Gasteiger partial charge in [0.25, 0.3) is 0 Å². The largest absolute Gasteiger partial charge is 0.493 e. The van der Waals surface area contributed by atoms with E-state index in [2.05, 4.69) is 12.2 Å².